The quantitative estimate of drug-likeness (QED) is 0.790. The van der Waals surface area contributed by atoms with E-state index < -0.39 is 11.5 Å². The molecule has 2 aromatic heterocycles. The Morgan fingerprint density at radius 1 is 1.32 bits per heavy atom. The number of carbonyl (C=O) groups is 2. The third-order valence-electron chi connectivity index (χ3n) is 4.56. The van der Waals surface area contributed by atoms with Gasteiger partial charge in [0.05, 0.1) is 6.26 Å². The number of pyridine rings is 1. The molecule has 0 bridgehead atoms. The zero-order valence-electron chi connectivity index (χ0n) is 14.3. The molecule has 0 unspecified atom stereocenters. The standard InChI is InChI=1S/C19H22N2O4/c1-2-3-4-7-20-18(23)14-11-13-15(21-19(14)24)9-12(10-16(13)22)17-6-5-8-25-17/h5-6,8,11-12H,2-4,7,9-10H2,1H3,(H,20,23)(H,21,24)/t12-/m0/s1. The molecule has 3 rings (SSSR count). The van der Waals surface area contributed by atoms with Crippen LogP contribution < -0.4 is 10.9 Å². The van der Waals surface area contributed by atoms with E-state index in [1.54, 1.807) is 12.3 Å². The average molecular weight is 342 g/mol. The van der Waals surface area contributed by atoms with Crippen molar-refractivity contribution in [3.05, 3.63) is 57.4 Å². The minimum Gasteiger partial charge on any atom is -0.469 e. The topological polar surface area (TPSA) is 92.2 Å². The molecule has 0 spiro atoms. The van der Waals surface area contributed by atoms with Gasteiger partial charge >= 0.3 is 0 Å². The zero-order valence-corrected chi connectivity index (χ0v) is 14.3. The molecule has 6 heteroatoms. The van der Waals surface area contributed by atoms with Crippen LogP contribution >= 0.6 is 0 Å². The highest BCUT2D eigenvalue weighted by molar-refractivity contribution is 6.02. The van der Waals surface area contributed by atoms with E-state index in [0.29, 0.717) is 30.6 Å². The molecule has 1 atom stereocenters. The summed E-state index contributed by atoms with van der Waals surface area (Å²) >= 11 is 0. The smallest absolute Gasteiger partial charge is 0.261 e. The van der Waals surface area contributed by atoms with Crippen molar-refractivity contribution in [3.63, 3.8) is 0 Å². The summed E-state index contributed by atoms with van der Waals surface area (Å²) in [6.07, 6.45) is 5.35. The fraction of sp³-hybridized carbons (Fsp3) is 0.421. The molecule has 0 saturated carbocycles. The van der Waals surface area contributed by atoms with E-state index in [0.717, 1.165) is 25.0 Å². The third-order valence-corrected chi connectivity index (χ3v) is 4.56. The van der Waals surface area contributed by atoms with Crippen LogP contribution in [-0.4, -0.2) is 23.2 Å². The Kier molecular flexibility index (Phi) is 5.16. The van der Waals surface area contributed by atoms with Crippen molar-refractivity contribution < 1.29 is 14.0 Å². The van der Waals surface area contributed by atoms with E-state index in [-0.39, 0.29) is 17.3 Å². The molecular formula is C19H22N2O4. The maximum Gasteiger partial charge on any atom is 0.261 e. The number of unbranched alkanes of at least 4 members (excludes halogenated alkanes) is 2. The number of H-pyrrole nitrogens is 1. The lowest BCUT2D eigenvalue weighted by atomic mass is 9.84. The molecule has 0 aliphatic heterocycles. The van der Waals surface area contributed by atoms with E-state index in [1.807, 2.05) is 6.07 Å². The van der Waals surface area contributed by atoms with Crippen LogP contribution in [-0.2, 0) is 6.42 Å². The first kappa shape index (κ1) is 17.2. The van der Waals surface area contributed by atoms with Gasteiger partial charge in [0.25, 0.3) is 11.5 Å². The summed E-state index contributed by atoms with van der Waals surface area (Å²) in [5.41, 5.74) is 0.547. The maximum atomic E-state index is 12.5. The van der Waals surface area contributed by atoms with Crippen LogP contribution in [0.3, 0.4) is 0 Å². The summed E-state index contributed by atoms with van der Waals surface area (Å²) in [4.78, 5) is 39.7. The number of Topliss-reactive ketones (excluding diaryl/α,β-unsaturated/α-hetero) is 1. The number of fused-ring (bicyclic) bond motifs is 1. The summed E-state index contributed by atoms with van der Waals surface area (Å²) in [5.74, 6) is 0.136. The van der Waals surface area contributed by atoms with Crippen LogP contribution in [0.2, 0.25) is 0 Å². The van der Waals surface area contributed by atoms with Crippen molar-refractivity contribution in [1.82, 2.24) is 10.3 Å². The second-order valence-corrected chi connectivity index (χ2v) is 6.41. The molecule has 0 fully saturated rings. The molecule has 0 saturated heterocycles. The third kappa shape index (κ3) is 3.73. The Morgan fingerprint density at radius 2 is 2.16 bits per heavy atom. The van der Waals surface area contributed by atoms with Gasteiger partial charge in [0.2, 0.25) is 0 Å². The van der Waals surface area contributed by atoms with E-state index in [4.69, 9.17) is 4.42 Å². The van der Waals surface area contributed by atoms with E-state index in [9.17, 15) is 14.4 Å². The first-order chi connectivity index (χ1) is 12.1. The van der Waals surface area contributed by atoms with Gasteiger partial charge in [-0.1, -0.05) is 19.8 Å². The molecule has 2 N–H and O–H groups in total. The van der Waals surface area contributed by atoms with Crippen molar-refractivity contribution in [2.45, 2.75) is 44.9 Å². The highest BCUT2D eigenvalue weighted by atomic mass is 16.3. The van der Waals surface area contributed by atoms with Crippen LogP contribution in [0.1, 0.15) is 70.7 Å². The Hall–Kier alpha value is -2.63. The summed E-state index contributed by atoms with van der Waals surface area (Å²) in [7, 11) is 0. The molecule has 1 amide bonds. The van der Waals surface area contributed by atoms with Gasteiger partial charge in [0.15, 0.2) is 5.78 Å². The predicted molar refractivity (Wildman–Crippen MR) is 93.0 cm³/mol. The number of amides is 1. The summed E-state index contributed by atoms with van der Waals surface area (Å²) in [5, 5.41) is 2.74. The normalized spacial score (nSPS) is 16.5. The molecular weight excluding hydrogens is 320 g/mol. The molecule has 0 radical (unpaired) electrons. The van der Waals surface area contributed by atoms with E-state index in [2.05, 4.69) is 17.2 Å². The number of ketones is 1. The molecule has 132 valence electrons. The number of hydrogen-bond acceptors (Lipinski definition) is 4. The molecule has 6 nitrogen and oxygen atoms in total. The van der Waals surface area contributed by atoms with Crippen molar-refractivity contribution in [1.29, 1.82) is 0 Å². The summed E-state index contributed by atoms with van der Waals surface area (Å²) in [6, 6.07) is 5.05. The second-order valence-electron chi connectivity index (χ2n) is 6.41. The minimum absolute atomic E-state index is 0.0000436. The number of hydrogen-bond donors (Lipinski definition) is 2. The van der Waals surface area contributed by atoms with Gasteiger partial charge in [-0.3, -0.25) is 14.4 Å². The highest BCUT2D eigenvalue weighted by Crippen LogP contribution is 2.31. The minimum atomic E-state index is -0.459. The Bertz CT molecular complexity index is 820. The largest absolute Gasteiger partial charge is 0.469 e. The van der Waals surface area contributed by atoms with Gasteiger partial charge in [0.1, 0.15) is 11.3 Å². The Morgan fingerprint density at radius 3 is 2.88 bits per heavy atom. The number of nitrogens with one attached hydrogen (secondary N) is 2. The van der Waals surface area contributed by atoms with Crippen LogP contribution in [0.25, 0.3) is 0 Å². The number of aromatic nitrogens is 1. The van der Waals surface area contributed by atoms with Crippen molar-refractivity contribution in [2.75, 3.05) is 6.54 Å². The van der Waals surface area contributed by atoms with E-state index >= 15 is 0 Å². The second kappa shape index (κ2) is 7.51. The lowest BCUT2D eigenvalue weighted by Gasteiger charge is -2.22. The predicted octanol–water partition coefficient (Wildman–Crippen LogP) is 2.80. The lowest BCUT2D eigenvalue weighted by Crippen LogP contribution is -2.33. The summed E-state index contributed by atoms with van der Waals surface area (Å²) < 4.78 is 5.38. The molecule has 25 heavy (non-hydrogen) atoms. The van der Waals surface area contributed by atoms with Crippen molar-refractivity contribution >= 4 is 11.7 Å². The monoisotopic (exact) mass is 342 g/mol. The maximum absolute atomic E-state index is 12.5. The van der Waals surface area contributed by atoms with Gasteiger partial charge in [-0.05, 0) is 31.0 Å². The van der Waals surface area contributed by atoms with Crippen molar-refractivity contribution in [3.8, 4) is 0 Å². The Labute approximate surface area is 145 Å². The van der Waals surface area contributed by atoms with Gasteiger partial charge in [-0.2, -0.15) is 0 Å². The molecule has 1 aliphatic rings. The first-order valence-corrected chi connectivity index (χ1v) is 8.71. The van der Waals surface area contributed by atoms with Crippen LogP contribution in [0, 0.1) is 0 Å². The number of aromatic amines is 1. The summed E-state index contributed by atoms with van der Waals surface area (Å²) in [6.45, 7) is 2.61. The van der Waals surface area contributed by atoms with Crippen LogP contribution in [0.5, 0.6) is 0 Å². The Balaban J connectivity index is 1.80. The SMILES string of the molecule is CCCCCNC(=O)c1cc2c([nH]c1=O)C[C@H](c1ccco1)CC2=O. The fourth-order valence-corrected chi connectivity index (χ4v) is 3.20. The molecule has 1 aliphatic carbocycles. The van der Waals surface area contributed by atoms with Gasteiger partial charge in [0, 0.05) is 30.1 Å². The molecule has 0 aromatic carbocycles. The van der Waals surface area contributed by atoms with Gasteiger partial charge < -0.3 is 14.7 Å². The highest BCUT2D eigenvalue weighted by Gasteiger charge is 2.30. The molecule has 2 aromatic rings. The van der Waals surface area contributed by atoms with Crippen LogP contribution in [0.15, 0.2) is 33.7 Å². The van der Waals surface area contributed by atoms with Crippen LogP contribution in [0.4, 0.5) is 0 Å². The first-order valence-electron chi connectivity index (χ1n) is 8.71. The molecule has 2 heterocycles. The van der Waals surface area contributed by atoms with E-state index in [1.165, 1.54) is 6.07 Å². The number of rotatable bonds is 6. The average Bonchev–Trinajstić information content (AvgIpc) is 3.12. The zero-order chi connectivity index (χ0) is 17.8. The number of carbonyl (C=O) groups excluding carboxylic acids is 2. The van der Waals surface area contributed by atoms with Crippen molar-refractivity contribution in [2.24, 2.45) is 0 Å². The fourth-order valence-electron chi connectivity index (χ4n) is 3.20. The lowest BCUT2D eigenvalue weighted by molar-refractivity contribution is 0.0951. The number of furan rings is 1. The van der Waals surface area contributed by atoms with Gasteiger partial charge in [-0.15, -0.1) is 0 Å². The van der Waals surface area contributed by atoms with Gasteiger partial charge in [-0.25, -0.2) is 0 Å².